The van der Waals surface area contributed by atoms with Crippen LogP contribution in [0.3, 0.4) is 0 Å². The number of rotatable bonds is 11. The van der Waals surface area contributed by atoms with Crippen LogP contribution in [0.25, 0.3) is 11.1 Å². The van der Waals surface area contributed by atoms with E-state index in [9.17, 15) is 9.59 Å². The molecule has 2 heterocycles. The molecule has 11 heteroatoms. The summed E-state index contributed by atoms with van der Waals surface area (Å²) in [6.45, 7) is 3.64. The van der Waals surface area contributed by atoms with Crippen LogP contribution in [0.15, 0.2) is 72.9 Å². The molecule has 3 N–H and O–H groups in total. The van der Waals surface area contributed by atoms with Crippen LogP contribution in [0, 0.1) is 5.82 Å². The lowest BCUT2D eigenvalue weighted by Crippen LogP contribution is -2.37. The summed E-state index contributed by atoms with van der Waals surface area (Å²) in [5.41, 5.74) is 5.01. The molecule has 1 aromatic heterocycles. The molecule has 4 aromatic rings. The zero-order valence-electron chi connectivity index (χ0n) is 23.5. The minimum Gasteiger partial charge on any atom is -0.497 e. The smallest absolute Gasteiger partial charge is 0.227 e. The maximum absolute atomic E-state index is 15.1. The molecule has 2 atom stereocenters. The summed E-state index contributed by atoms with van der Waals surface area (Å²) in [5, 5.41) is 17.3. The van der Waals surface area contributed by atoms with Gasteiger partial charge in [-0.05, 0) is 46.9 Å². The summed E-state index contributed by atoms with van der Waals surface area (Å²) in [6, 6.07) is 20.4. The summed E-state index contributed by atoms with van der Waals surface area (Å²) < 4.78 is 22.2. The SMILES string of the molecule is COc1ccc(Cn2nncc2CNCc2ccc(-c3ccc(C4C[C@@H](CNC(C)=O)NC4=O)cc3F)cc2)cc1.Cl. The molecule has 0 radical (unpaired) electrons. The Balaban J connectivity index is 0.00000405. The highest BCUT2D eigenvalue weighted by molar-refractivity contribution is 5.86. The van der Waals surface area contributed by atoms with Crippen molar-refractivity contribution in [3.63, 3.8) is 0 Å². The van der Waals surface area contributed by atoms with E-state index in [0.717, 1.165) is 28.1 Å². The Hall–Kier alpha value is -4.28. The predicted molar refractivity (Wildman–Crippen MR) is 160 cm³/mol. The van der Waals surface area contributed by atoms with Gasteiger partial charge in [0.05, 0.1) is 31.5 Å². The molecule has 1 unspecified atom stereocenters. The van der Waals surface area contributed by atoms with Gasteiger partial charge in [0.15, 0.2) is 0 Å². The fourth-order valence-electron chi connectivity index (χ4n) is 5.01. The van der Waals surface area contributed by atoms with Crippen LogP contribution in [-0.2, 0) is 29.2 Å². The van der Waals surface area contributed by atoms with E-state index in [0.29, 0.717) is 43.7 Å². The van der Waals surface area contributed by atoms with Gasteiger partial charge in [-0.25, -0.2) is 9.07 Å². The molecule has 0 spiro atoms. The summed E-state index contributed by atoms with van der Waals surface area (Å²) in [4.78, 5) is 23.6. The highest BCUT2D eigenvalue weighted by atomic mass is 35.5. The predicted octanol–water partition coefficient (Wildman–Crippen LogP) is 3.96. The van der Waals surface area contributed by atoms with E-state index in [4.69, 9.17) is 4.74 Å². The van der Waals surface area contributed by atoms with Gasteiger partial charge in [-0.15, -0.1) is 17.5 Å². The van der Waals surface area contributed by atoms with Crippen molar-refractivity contribution in [3.05, 3.63) is 101 Å². The molecule has 9 nitrogen and oxygen atoms in total. The Morgan fingerprint density at radius 2 is 1.81 bits per heavy atom. The van der Waals surface area contributed by atoms with Crippen molar-refractivity contribution < 1.29 is 18.7 Å². The molecule has 1 fully saturated rings. The molecule has 2 amide bonds. The third kappa shape index (κ3) is 7.51. The zero-order chi connectivity index (χ0) is 28.8. The molecule has 1 aliphatic heterocycles. The third-order valence-corrected chi connectivity index (χ3v) is 7.27. The van der Waals surface area contributed by atoms with Gasteiger partial charge in [0.1, 0.15) is 11.6 Å². The van der Waals surface area contributed by atoms with Gasteiger partial charge in [0, 0.05) is 38.2 Å². The van der Waals surface area contributed by atoms with Crippen molar-refractivity contribution in [1.29, 1.82) is 0 Å². The van der Waals surface area contributed by atoms with E-state index >= 15 is 4.39 Å². The Morgan fingerprint density at radius 1 is 1.07 bits per heavy atom. The minimum atomic E-state index is -0.437. The Labute approximate surface area is 250 Å². The number of methoxy groups -OCH3 is 1. The van der Waals surface area contributed by atoms with Crippen molar-refractivity contribution in [2.75, 3.05) is 13.7 Å². The topological polar surface area (TPSA) is 110 Å². The Morgan fingerprint density at radius 3 is 2.50 bits per heavy atom. The van der Waals surface area contributed by atoms with Crippen LogP contribution in [0.4, 0.5) is 4.39 Å². The average molecular weight is 593 g/mol. The Kier molecular flexibility index (Phi) is 10.3. The number of hydrogen-bond acceptors (Lipinski definition) is 6. The Bertz CT molecular complexity index is 1510. The first-order chi connectivity index (χ1) is 19.9. The summed E-state index contributed by atoms with van der Waals surface area (Å²) >= 11 is 0. The molecule has 0 bridgehead atoms. The number of amides is 2. The number of ether oxygens (including phenoxy) is 1. The second-order valence-corrected chi connectivity index (χ2v) is 10.2. The largest absolute Gasteiger partial charge is 0.497 e. The van der Waals surface area contributed by atoms with Crippen molar-refractivity contribution in [3.8, 4) is 16.9 Å². The molecule has 1 saturated heterocycles. The highest BCUT2D eigenvalue weighted by Gasteiger charge is 2.33. The van der Waals surface area contributed by atoms with Crippen LogP contribution in [-0.4, -0.2) is 46.5 Å². The number of benzene rings is 3. The van der Waals surface area contributed by atoms with Crippen LogP contribution in [0.1, 0.15) is 41.6 Å². The number of nitrogens with zero attached hydrogens (tertiary/aromatic N) is 3. The van der Waals surface area contributed by atoms with Crippen LogP contribution < -0.4 is 20.7 Å². The molecular formula is C31H34ClFN6O3. The number of carbonyl (C=O) groups is 2. The van der Waals surface area contributed by atoms with E-state index in [1.54, 1.807) is 19.4 Å². The number of halogens is 2. The van der Waals surface area contributed by atoms with Gasteiger partial charge in [0.2, 0.25) is 11.8 Å². The maximum atomic E-state index is 15.1. The summed E-state index contributed by atoms with van der Waals surface area (Å²) in [7, 11) is 1.65. The number of carbonyl (C=O) groups excluding carboxylic acids is 2. The first-order valence-electron chi connectivity index (χ1n) is 13.5. The number of aromatic nitrogens is 3. The molecule has 220 valence electrons. The van der Waals surface area contributed by atoms with Crippen molar-refractivity contribution in [2.45, 2.75) is 44.9 Å². The van der Waals surface area contributed by atoms with E-state index in [-0.39, 0.29) is 36.1 Å². The minimum absolute atomic E-state index is 0. The molecule has 1 aliphatic rings. The fraction of sp³-hybridized carbons (Fsp3) is 0.290. The van der Waals surface area contributed by atoms with Crippen molar-refractivity contribution in [2.24, 2.45) is 0 Å². The quantitative estimate of drug-likeness (QED) is 0.243. The van der Waals surface area contributed by atoms with Crippen LogP contribution in [0.5, 0.6) is 5.75 Å². The lowest BCUT2D eigenvalue weighted by molar-refractivity contribution is -0.121. The zero-order valence-corrected chi connectivity index (χ0v) is 24.3. The van der Waals surface area contributed by atoms with Gasteiger partial charge in [-0.2, -0.15) is 0 Å². The van der Waals surface area contributed by atoms with Gasteiger partial charge in [-0.3, -0.25) is 9.59 Å². The number of nitrogens with one attached hydrogen (secondary N) is 3. The van der Waals surface area contributed by atoms with Crippen LogP contribution >= 0.6 is 12.4 Å². The normalized spacial score (nSPS) is 16.0. The number of hydrogen-bond donors (Lipinski definition) is 3. The van der Waals surface area contributed by atoms with Crippen molar-refractivity contribution >= 4 is 24.2 Å². The monoisotopic (exact) mass is 592 g/mol. The average Bonchev–Trinajstić information content (AvgIpc) is 3.58. The molecular weight excluding hydrogens is 559 g/mol. The molecule has 5 rings (SSSR count). The molecule has 3 aromatic carbocycles. The molecule has 0 saturated carbocycles. The standard InChI is InChI=1S/C31H33FN6O3.ClH/c1-20(39)34-16-25-14-29(31(40)36-25)24-9-12-28(30(32)13-24)23-7-3-21(4-8-23)15-33-17-26-18-35-37-38(26)19-22-5-10-27(41-2)11-6-22;/h3-13,18,25,29,33H,14-17,19H2,1-2H3,(H,34,39)(H,36,40);1H/t25-,29?;/m0./s1. The maximum Gasteiger partial charge on any atom is 0.227 e. The van der Waals surface area contributed by atoms with Crippen LogP contribution in [0.2, 0.25) is 0 Å². The lowest BCUT2D eigenvalue weighted by atomic mass is 9.93. The van der Waals surface area contributed by atoms with E-state index in [2.05, 4.69) is 26.3 Å². The molecule has 42 heavy (non-hydrogen) atoms. The van der Waals surface area contributed by atoms with E-state index in [1.807, 2.05) is 59.3 Å². The van der Waals surface area contributed by atoms with Gasteiger partial charge in [-0.1, -0.05) is 53.7 Å². The summed E-state index contributed by atoms with van der Waals surface area (Å²) in [6.07, 6.45) is 2.27. The van der Waals surface area contributed by atoms with E-state index < -0.39 is 5.92 Å². The fourth-order valence-corrected chi connectivity index (χ4v) is 5.01. The second-order valence-electron chi connectivity index (χ2n) is 10.2. The third-order valence-electron chi connectivity index (χ3n) is 7.27. The first-order valence-corrected chi connectivity index (χ1v) is 13.5. The van der Waals surface area contributed by atoms with Gasteiger partial charge >= 0.3 is 0 Å². The first kappa shape index (κ1) is 30.7. The highest BCUT2D eigenvalue weighted by Crippen LogP contribution is 2.31. The van der Waals surface area contributed by atoms with Crippen molar-refractivity contribution in [1.82, 2.24) is 30.9 Å². The summed E-state index contributed by atoms with van der Waals surface area (Å²) in [5.74, 6) is -0.292. The van der Waals surface area contributed by atoms with Gasteiger partial charge in [0.25, 0.3) is 0 Å². The van der Waals surface area contributed by atoms with Gasteiger partial charge < -0.3 is 20.7 Å². The second kappa shape index (κ2) is 14.1. The van der Waals surface area contributed by atoms with E-state index in [1.165, 1.54) is 13.0 Å². The molecule has 0 aliphatic carbocycles. The lowest BCUT2D eigenvalue weighted by Gasteiger charge is -2.12.